The average molecular weight is 290 g/mol. The van der Waals surface area contributed by atoms with Crippen LogP contribution in [-0.2, 0) is 11.3 Å². The van der Waals surface area contributed by atoms with Crippen LogP contribution in [0.3, 0.4) is 0 Å². The molecule has 0 aromatic carbocycles. The lowest BCUT2D eigenvalue weighted by Crippen LogP contribution is -2.36. The molecule has 0 radical (unpaired) electrons. The van der Waals surface area contributed by atoms with Gasteiger partial charge in [-0.2, -0.15) is 4.68 Å². The van der Waals surface area contributed by atoms with Crippen LogP contribution in [0, 0.1) is 10.1 Å². The lowest BCUT2D eigenvalue weighted by atomic mass is 10.4. The predicted octanol–water partition coefficient (Wildman–Crippen LogP) is 0.0350. The third-order valence-electron chi connectivity index (χ3n) is 2.80. The predicted molar refractivity (Wildman–Crippen MR) is 70.2 cm³/mol. The molecule has 1 saturated heterocycles. The van der Waals surface area contributed by atoms with Gasteiger partial charge in [-0.15, -0.1) is 12.4 Å². The maximum Gasteiger partial charge on any atom is 0.389 e. The Hall–Kier alpha value is -1.67. The minimum absolute atomic E-state index is 0. The fraction of sp³-hybridized carbons (Fsp3) is 0.600. The molecule has 2 rings (SSSR count). The van der Waals surface area contributed by atoms with Gasteiger partial charge in [0.15, 0.2) is 0 Å². The molecular formula is C10H16ClN5O3. The first-order valence-electron chi connectivity index (χ1n) is 5.83. The molecule has 1 amide bonds. The van der Waals surface area contributed by atoms with E-state index in [-0.39, 0.29) is 30.7 Å². The molecule has 8 nitrogen and oxygen atoms in total. The van der Waals surface area contributed by atoms with Gasteiger partial charge >= 0.3 is 5.82 Å². The number of aromatic nitrogens is 2. The molecule has 1 N–H and O–H groups in total. The van der Waals surface area contributed by atoms with E-state index in [1.165, 1.54) is 16.9 Å². The molecule has 1 aliphatic heterocycles. The average Bonchev–Trinajstić information content (AvgIpc) is 2.64. The highest BCUT2D eigenvalue weighted by atomic mass is 35.5. The number of carbonyl (C=O) groups excluding carboxylic acids is 1. The molecule has 1 aliphatic rings. The summed E-state index contributed by atoms with van der Waals surface area (Å²) in [5.74, 6) is -0.294. The number of nitro groups is 1. The van der Waals surface area contributed by atoms with Crippen molar-refractivity contribution in [2.75, 3.05) is 26.2 Å². The lowest BCUT2D eigenvalue weighted by Gasteiger charge is -2.18. The van der Waals surface area contributed by atoms with E-state index in [2.05, 4.69) is 10.4 Å². The first-order chi connectivity index (χ1) is 8.66. The molecule has 2 heterocycles. The normalized spacial score (nSPS) is 15.5. The monoisotopic (exact) mass is 289 g/mol. The van der Waals surface area contributed by atoms with Gasteiger partial charge < -0.3 is 20.3 Å². The molecule has 19 heavy (non-hydrogen) atoms. The van der Waals surface area contributed by atoms with Gasteiger partial charge in [0.2, 0.25) is 5.91 Å². The minimum atomic E-state index is -0.573. The van der Waals surface area contributed by atoms with Gasteiger partial charge in [0, 0.05) is 19.6 Å². The van der Waals surface area contributed by atoms with E-state index < -0.39 is 4.92 Å². The summed E-state index contributed by atoms with van der Waals surface area (Å²) in [5.41, 5.74) is 0. The zero-order valence-corrected chi connectivity index (χ0v) is 11.1. The van der Waals surface area contributed by atoms with Crippen molar-refractivity contribution in [1.82, 2.24) is 20.0 Å². The quantitative estimate of drug-likeness (QED) is 0.626. The van der Waals surface area contributed by atoms with E-state index in [9.17, 15) is 14.9 Å². The van der Waals surface area contributed by atoms with Crippen LogP contribution in [0.15, 0.2) is 12.3 Å². The summed E-state index contributed by atoms with van der Waals surface area (Å²) in [7, 11) is 0. The molecule has 0 atom stereocenters. The number of amides is 1. The van der Waals surface area contributed by atoms with E-state index in [4.69, 9.17) is 0 Å². The van der Waals surface area contributed by atoms with Crippen LogP contribution in [0.4, 0.5) is 5.82 Å². The summed E-state index contributed by atoms with van der Waals surface area (Å²) < 4.78 is 1.30. The van der Waals surface area contributed by atoms with Crippen molar-refractivity contribution in [2.45, 2.75) is 13.0 Å². The number of carbonyl (C=O) groups is 1. The Morgan fingerprint density at radius 1 is 1.47 bits per heavy atom. The Bertz CT molecular complexity index is 442. The summed E-state index contributed by atoms with van der Waals surface area (Å²) in [6, 6.07) is 1.29. The summed E-state index contributed by atoms with van der Waals surface area (Å²) in [6.07, 6.45) is 2.37. The zero-order valence-electron chi connectivity index (χ0n) is 10.3. The van der Waals surface area contributed by atoms with Crippen molar-refractivity contribution in [1.29, 1.82) is 0 Å². The molecule has 0 spiro atoms. The van der Waals surface area contributed by atoms with Crippen LogP contribution in [0.2, 0.25) is 0 Å². The number of nitrogens with one attached hydrogen (secondary N) is 1. The number of hydrogen-bond donors (Lipinski definition) is 1. The van der Waals surface area contributed by atoms with Crippen LogP contribution in [-0.4, -0.2) is 51.7 Å². The lowest BCUT2D eigenvalue weighted by molar-refractivity contribution is -0.389. The van der Waals surface area contributed by atoms with Crippen molar-refractivity contribution in [2.24, 2.45) is 0 Å². The van der Waals surface area contributed by atoms with E-state index in [1.807, 2.05) is 0 Å². The maximum absolute atomic E-state index is 12.0. The molecule has 1 aromatic rings. The molecule has 106 valence electrons. The van der Waals surface area contributed by atoms with Gasteiger partial charge in [-0.05, 0) is 17.9 Å². The molecule has 0 saturated carbocycles. The zero-order chi connectivity index (χ0) is 13.0. The highest BCUT2D eigenvalue weighted by Gasteiger charge is 2.18. The Balaban J connectivity index is 0.00000180. The van der Waals surface area contributed by atoms with E-state index in [1.54, 1.807) is 4.90 Å². The van der Waals surface area contributed by atoms with Crippen molar-refractivity contribution in [3.8, 4) is 0 Å². The van der Waals surface area contributed by atoms with Crippen LogP contribution in [0.5, 0.6) is 0 Å². The smallest absolute Gasteiger partial charge is 0.358 e. The second-order valence-corrected chi connectivity index (χ2v) is 4.11. The van der Waals surface area contributed by atoms with Gasteiger partial charge in [-0.3, -0.25) is 4.79 Å². The Morgan fingerprint density at radius 2 is 2.26 bits per heavy atom. The third kappa shape index (κ3) is 4.18. The minimum Gasteiger partial charge on any atom is -0.358 e. The van der Waals surface area contributed by atoms with Crippen molar-refractivity contribution in [3.63, 3.8) is 0 Å². The first-order valence-corrected chi connectivity index (χ1v) is 5.83. The van der Waals surface area contributed by atoms with Crippen LogP contribution in [0.25, 0.3) is 0 Å². The maximum atomic E-state index is 12.0. The van der Waals surface area contributed by atoms with E-state index in [0.29, 0.717) is 6.54 Å². The largest absolute Gasteiger partial charge is 0.389 e. The van der Waals surface area contributed by atoms with Crippen LogP contribution >= 0.6 is 12.4 Å². The fourth-order valence-electron chi connectivity index (χ4n) is 1.87. The number of halogens is 1. The molecule has 1 fully saturated rings. The Kier molecular flexibility index (Phi) is 5.71. The number of rotatable bonds is 3. The molecular weight excluding hydrogens is 274 g/mol. The summed E-state index contributed by atoms with van der Waals surface area (Å²) in [5, 5.41) is 17.4. The second kappa shape index (κ2) is 7.05. The van der Waals surface area contributed by atoms with Crippen molar-refractivity contribution >= 4 is 24.1 Å². The summed E-state index contributed by atoms with van der Waals surface area (Å²) in [4.78, 5) is 23.6. The highest BCUT2D eigenvalue weighted by Crippen LogP contribution is 2.06. The molecule has 0 aliphatic carbocycles. The Morgan fingerprint density at radius 3 is 2.95 bits per heavy atom. The SMILES string of the molecule is Cl.O=C(Cn1ccc([N+](=O)[O-])n1)N1CCCNCC1. The van der Waals surface area contributed by atoms with Gasteiger partial charge in [0.1, 0.15) is 6.54 Å². The van der Waals surface area contributed by atoms with Gasteiger partial charge in [-0.25, -0.2) is 0 Å². The van der Waals surface area contributed by atoms with E-state index in [0.717, 1.165) is 26.1 Å². The standard InChI is InChI=1S/C10H15N5O3.ClH/c16-10(13-5-1-3-11-4-7-13)8-14-6-2-9(12-14)15(17)18;/h2,6,11H,1,3-5,7-8H2;1H. The second-order valence-electron chi connectivity index (χ2n) is 4.11. The van der Waals surface area contributed by atoms with Crippen LogP contribution < -0.4 is 5.32 Å². The molecule has 1 aromatic heterocycles. The summed E-state index contributed by atoms with van der Waals surface area (Å²) in [6.45, 7) is 3.13. The molecule has 9 heteroatoms. The van der Waals surface area contributed by atoms with Crippen molar-refractivity contribution in [3.05, 3.63) is 22.4 Å². The van der Waals surface area contributed by atoms with Gasteiger partial charge in [0.05, 0.1) is 17.4 Å². The van der Waals surface area contributed by atoms with Crippen molar-refractivity contribution < 1.29 is 9.72 Å². The highest BCUT2D eigenvalue weighted by molar-refractivity contribution is 5.85. The van der Waals surface area contributed by atoms with Crippen LogP contribution in [0.1, 0.15) is 6.42 Å². The van der Waals surface area contributed by atoms with E-state index >= 15 is 0 Å². The fourth-order valence-corrected chi connectivity index (χ4v) is 1.87. The third-order valence-corrected chi connectivity index (χ3v) is 2.80. The molecule has 0 unspecified atom stereocenters. The topological polar surface area (TPSA) is 93.3 Å². The molecule has 0 bridgehead atoms. The Labute approximate surface area is 116 Å². The van der Waals surface area contributed by atoms with Gasteiger partial charge in [-0.1, -0.05) is 0 Å². The first kappa shape index (κ1) is 15.4. The number of hydrogen-bond acceptors (Lipinski definition) is 5. The number of nitrogens with zero attached hydrogens (tertiary/aromatic N) is 4. The van der Waals surface area contributed by atoms with Gasteiger partial charge in [0.25, 0.3) is 0 Å². The summed E-state index contributed by atoms with van der Waals surface area (Å²) >= 11 is 0.